The van der Waals surface area contributed by atoms with Gasteiger partial charge in [0.1, 0.15) is 23.5 Å². The Morgan fingerprint density at radius 2 is 1.88 bits per heavy atom. The Bertz CT molecular complexity index is 1440. The Morgan fingerprint density at radius 1 is 1.18 bits per heavy atom. The fraction of sp³-hybridized carbons (Fsp3) is 0.769. The first-order chi connectivity index (χ1) is 24.0. The summed E-state index contributed by atoms with van der Waals surface area (Å²) in [7, 11) is -0.702. The summed E-state index contributed by atoms with van der Waals surface area (Å²) in [5.41, 5.74) is -1.03. The molecule has 3 aliphatic carbocycles. The van der Waals surface area contributed by atoms with E-state index in [2.05, 4.69) is 37.1 Å². The van der Waals surface area contributed by atoms with E-state index in [1.54, 1.807) is 24.0 Å². The van der Waals surface area contributed by atoms with E-state index in [1.165, 1.54) is 12.1 Å². The average molecular weight is 715 g/mol. The first kappa shape index (κ1) is 39.5. The maximum absolute atomic E-state index is 14.5. The third-order valence-electron chi connectivity index (χ3n) is 12.7. The van der Waals surface area contributed by atoms with Gasteiger partial charge >= 0.3 is 13.2 Å². The third kappa shape index (κ3) is 8.41. The van der Waals surface area contributed by atoms with Gasteiger partial charge in [0.2, 0.25) is 5.91 Å². The Morgan fingerprint density at radius 3 is 2.51 bits per heavy atom. The molecule has 7 rings (SSSR count). The smallest absolute Gasteiger partial charge is 0.444 e. The molecule has 0 radical (unpaired) electrons. The zero-order chi connectivity index (χ0) is 37.4. The number of alkyl halides is 1. The van der Waals surface area contributed by atoms with Crippen LogP contribution in [-0.2, 0) is 25.3 Å². The number of hydrogen-bond donors (Lipinski definition) is 1. The van der Waals surface area contributed by atoms with Crippen molar-refractivity contribution in [1.29, 1.82) is 5.26 Å². The zero-order valence-corrected chi connectivity index (χ0v) is 32.0. The van der Waals surface area contributed by atoms with Crippen molar-refractivity contribution >= 4 is 19.1 Å². The minimum Gasteiger partial charge on any atom is -0.444 e. The summed E-state index contributed by atoms with van der Waals surface area (Å²) in [6, 6.07) is 8.38. The number of hydrogen-bond acceptors (Lipinski definition) is 7. The van der Waals surface area contributed by atoms with Crippen LogP contribution in [0.25, 0.3) is 0 Å². The second-order valence-electron chi connectivity index (χ2n) is 17.0. The summed E-state index contributed by atoms with van der Waals surface area (Å²) in [5, 5.41) is 13.0. The predicted molar refractivity (Wildman–Crippen MR) is 195 cm³/mol. The van der Waals surface area contributed by atoms with Crippen molar-refractivity contribution in [1.82, 2.24) is 15.1 Å². The van der Waals surface area contributed by atoms with Gasteiger partial charge in [-0.3, -0.25) is 9.69 Å². The van der Waals surface area contributed by atoms with Gasteiger partial charge < -0.3 is 24.3 Å². The summed E-state index contributed by atoms with van der Waals surface area (Å²) >= 11 is 0. The number of nitrogens with one attached hydrogen (secondary N) is 1. The molecule has 284 valence electrons. The molecule has 1 aromatic carbocycles. The lowest BCUT2D eigenvalue weighted by Gasteiger charge is -2.64. The van der Waals surface area contributed by atoms with Gasteiger partial charge in [0.05, 0.1) is 30.3 Å². The number of amides is 2. The molecule has 3 aliphatic heterocycles. The Labute approximate surface area is 305 Å². The van der Waals surface area contributed by atoms with Crippen molar-refractivity contribution in [3.05, 3.63) is 35.6 Å². The molecule has 12 heteroatoms. The minimum atomic E-state index is -1.22. The van der Waals surface area contributed by atoms with Gasteiger partial charge in [0, 0.05) is 26.6 Å². The summed E-state index contributed by atoms with van der Waals surface area (Å²) in [5.74, 6) is -1.08. The van der Waals surface area contributed by atoms with Crippen molar-refractivity contribution in [2.45, 2.75) is 142 Å². The normalized spacial score (nSPS) is 32.4. The largest absolute Gasteiger partial charge is 0.482 e. The van der Waals surface area contributed by atoms with Gasteiger partial charge in [-0.2, -0.15) is 5.26 Å². The highest BCUT2D eigenvalue weighted by Gasteiger charge is 2.68. The quantitative estimate of drug-likeness (QED) is 0.258. The van der Waals surface area contributed by atoms with Crippen LogP contribution in [0, 0.1) is 40.3 Å². The highest BCUT2D eigenvalue weighted by molar-refractivity contribution is 6.47. The van der Waals surface area contributed by atoms with Crippen molar-refractivity contribution < 1.29 is 33.8 Å². The molecule has 3 heterocycles. The Kier molecular flexibility index (Phi) is 11.8. The topological polar surface area (TPSA) is 104 Å². The summed E-state index contributed by atoms with van der Waals surface area (Å²) in [4.78, 5) is 30.7. The molecule has 0 aromatic heterocycles. The van der Waals surface area contributed by atoms with Crippen LogP contribution in [0.4, 0.5) is 13.6 Å². The van der Waals surface area contributed by atoms with Crippen molar-refractivity contribution in [3.63, 3.8) is 0 Å². The number of carbonyl (C=O) groups is 2. The molecule has 2 amide bonds. The number of alkyl carbamates (subject to hydrolysis) is 1. The molecule has 1 aromatic rings. The van der Waals surface area contributed by atoms with Gasteiger partial charge in [0.15, 0.2) is 0 Å². The van der Waals surface area contributed by atoms with Gasteiger partial charge in [-0.1, -0.05) is 39.8 Å². The number of piperidine rings is 1. The van der Waals surface area contributed by atoms with Crippen LogP contribution < -0.4 is 5.32 Å². The van der Waals surface area contributed by atoms with Gasteiger partial charge in [-0.25, -0.2) is 13.6 Å². The molecule has 6 fully saturated rings. The first-order valence-electron chi connectivity index (χ1n) is 19.2. The number of ether oxygens (including phenoxy) is 1. The van der Waals surface area contributed by atoms with Crippen LogP contribution in [0.5, 0.6) is 0 Å². The predicted octanol–water partition coefficient (Wildman–Crippen LogP) is 7.13. The lowest BCUT2D eigenvalue weighted by atomic mass is 9.43. The lowest BCUT2D eigenvalue weighted by Crippen LogP contribution is -2.65. The second kappa shape index (κ2) is 15.3. The monoisotopic (exact) mass is 714 g/mol. The average Bonchev–Trinajstić information content (AvgIpc) is 3.65. The highest BCUT2D eigenvalue weighted by Crippen LogP contribution is 2.65. The molecule has 0 spiro atoms. The van der Waals surface area contributed by atoms with Crippen molar-refractivity contribution in [3.8, 4) is 6.07 Å². The summed E-state index contributed by atoms with van der Waals surface area (Å²) < 4.78 is 47.3. The van der Waals surface area contributed by atoms with Crippen LogP contribution in [0.15, 0.2) is 24.3 Å². The standard InChI is InChI=1S/C37H53BF2N4O5.C2H6.H2/c1-34(2,44-17-15-36(5,40)23-44)14-13-25(21-41)32(45)43-16-7-8-28(22-43)47-33(46)42-31(18-24-9-11-27(39)12-10-24)38-48-30-20-26-19-29(35(26,3)4)37(30,6)49-38;1-2;/h9-12,25-26,28-31H,7-8,13-20,22-23H2,1-6H3,(H,42,46);1-2H3;1H/t25?,26?,28-,29?,30+,31-,36?,37-;;/m0../s1. The van der Waals surface area contributed by atoms with E-state index in [0.29, 0.717) is 70.0 Å². The van der Waals surface area contributed by atoms with E-state index < -0.39 is 42.4 Å². The molecule has 2 bridgehead atoms. The van der Waals surface area contributed by atoms with Crippen LogP contribution in [-0.4, -0.2) is 90.1 Å². The van der Waals surface area contributed by atoms with Crippen LogP contribution in [0.2, 0.25) is 0 Å². The van der Waals surface area contributed by atoms with Crippen LogP contribution >= 0.6 is 0 Å². The number of rotatable bonds is 10. The first-order valence-corrected chi connectivity index (χ1v) is 19.2. The second-order valence-corrected chi connectivity index (χ2v) is 17.0. The molecule has 3 saturated heterocycles. The molecule has 6 aliphatic rings. The Balaban J connectivity index is 0.00000198. The number of carbonyl (C=O) groups excluding carboxylic acids is 2. The summed E-state index contributed by atoms with van der Waals surface area (Å²) in [6.07, 6.45) is 3.80. The third-order valence-corrected chi connectivity index (χ3v) is 12.7. The fourth-order valence-electron chi connectivity index (χ4n) is 9.29. The van der Waals surface area contributed by atoms with E-state index in [4.69, 9.17) is 14.0 Å². The fourth-order valence-corrected chi connectivity index (χ4v) is 9.29. The maximum atomic E-state index is 14.5. The maximum Gasteiger partial charge on any atom is 0.482 e. The van der Waals surface area contributed by atoms with E-state index in [9.17, 15) is 23.6 Å². The van der Waals surface area contributed by atoms with Crippen molar-refractivity contribution in [2.24, 2.45) is 23.2 Å². The number of benzene rings is 1. The lowest BCUT2D eigenvalue weighted by molar-refractivity contribution is -0.199. The number of halogens is 2. The molecule has 9 nitrogen and oxygen atoms in total. The SMILES string of the molecule is CC.CC1(F)CCN(C(C)(C)CCC(C#N)C(=O)N2CCC[C@H](OC(=O)N[C@@H](Cc3ccc(F)cc3)B3O[C@@H]4CC5CC(C5(C)C)[C@]4(C)O3)C2)C1.[HH]. The molecule has 51 heavy (non-hydrogen) atoms. The van der Waals surface area contributed by atoms with E-state index in [0.717, 1.165) is 18.4 Å². The van der Waals surface area contributed by atoms with E-state index >= 15 is 0 Å². The number of nitrogens with zero attached hydrogens (tertiary/aromatic N) is 3. The van der Waals surface area contributed by atoms with E-state index in [1.807, 2.05) is 27.7 Å². The number of nitriles is 1. The highest BCUT2D eigenvalue weighted by atomic mass is 19.1. The molecule has 1 N–H and O–H groups in total. The van der Waals surface area contributed by atoms with E-state index in [-0.39, 0.29) is 36.8 Å². The molecule has 3 saturated carbocycles. The number of likely N-dealkylation sites (tertiary alicyclic amines) is 2. The van der Waals surface area contributed by atoms with Gasteiger partial charge in [-0.05, 0) is 114 Å². The van der Waals surface area contributed by atoms with Crippen molar-refractivity contribution in [2.75, 3.05) is 26.2 Å². The molecular formula is C39H61BF2N4O5. The Hall–Kier alpha value is -2.75. The van der Waals surface area contributed by atoms with Crippen LogP contribution in [0.1, 0.15) is 107 Å². The summed E-state index contributed by atoms with van der Waals surface area (Å²) in [6.45, 7) is 18.1. The van der Waals surface area contributed by atoms with Crippen LogP contribution in [0.3, 0.4) is 0 Å². The zero-order valence-electron chi connectivity index (χ0n) is 32.0. The van der Waals surface area contributed by atoms with Gasteiger partial charge in [-0.15, -0.1) is 0 Å². The van der Waals surface area contributed by atoms with Gasteiger partial charge in [0.25, 0.3) is 0 Å². The molecule has 4 unspecified atom stereocenters. The molecular weight excluding hydrogens is 653 g/mol. The minimum absolute atomic E-state index is 0. The molecule has 8 atom stereocenters.